The highest BCUT2D eigenvalue weighted by Crippen LogP contribution is 2.69. The number of aliphatic hydroxyl groups is 2. The highest BCUT2D eigenvalue weighted by Gasteiger charge is 2.66. The summed E-state index contributed by atoms with van der Waals surface area (Å²) in [5.41, 5.74) is 0.255. The third kappa shape index (κ3) is 2.43. The molecule has 0 aromatic heterocycles. The van der Waals surface area contributed by atoms with Gasteiger partial charge in [-0.25, -0.2) is 0 Å². The van der Waals surface area contributed by atoms with Crippen LogP contribution in [0.2, 0.25) is 0 Å². The number of rotatable bonds is 1. The summed E-state index contributed by atoms with van der Waals surface area (Å²) in [4.78, 5) is 12.6. The number of fused-ring (bicyclic) bond motifs is 3. The van der Waals surface area contributed by atoms with E-state index in [2.05, 4.69) is 34.3 Å². The average Bonchev–Trinajstić information content (AvgIpc) is 2.51. The van der Waals surface area contributed by atoms with Gasteiger partial charge in [-0.05, 0) is 54.8 Å². The van der Waals surface area contributed by atoms with E-state index in [1.807, 2.05) is 0 Å². The van der Waals surface area contributed by atoms with E-state index in [4.69, 9.17) is 4.74 Å². The van der Waals surface area contributed by atoms with Crippen LogP contribution in [0.5, 0.6) is 0 Å². The van der Waals surface area contributed by atoms with Crippen LogP contribution in [-0.2, 0) is 9.53 Å². The van der Waals surface area contributed by atoms with Crippen LogP contribution < -0.4 is 0 Å². The maximum atomic E-state index is 12.6. The summed E-state index contributed by atoms with van der Waals surface area (Å²) in [6, 6.07) is 0. The van der Waals surface area contributed by atoms with E-state index in [9.17, 15) is 15.0 Å². The second-order valence-corrected chi connectivity index (χ2v) is 9.87. The molecule has 3 aliphatic carbocycles. The largest absolute Gasteiger partial charge is 0.469 e. The van der Waals surface area contributed by atoms with Crippen molar-refractivity contribution in [2.24, 2.45) is 34.0 Å². The predicted octanol–water partition coefficient (Wildman–Crippen LogP) is 3.32. The van der Waals surface area contributed by atoms with E-state index < -0.39 is 17.6 Å². The van der Waals surface area contributed by atoms with Crippen molar-refractivity contribution >= 4 is 5.97 Å². The standard InChI is InChI=1S/C21H34O4/c1-12-7-8-15-20(4,16(12)18(24)25-6)10-9-14-19(2,3)11-13(22)17(23)21(14,15)5/h13-17,22-23H,1,7-11H2,2-6H3/t13-,14-,15-,16-,17-,20+,21-/m0/s1. The minimum Gasteiger partial charge on any atom is -0.469 e. The van der Waals surface area contributed by atoms with E-state index in [1.54, 1.807) is 0 Å². The van der Waals surface area contributed by atoms with Gasteiger partial charge < -0.3 is 14.9 Å². The van der Waals surface area contributed by atoms with Gasteiger partial charge in [0.2, 0.25) is 0 Å². The highest BCUT2D eigenvalue weighted by molar-refractivity contribution is 5.77. The summed E-state index contributed by atoms with van der Waals surface area (Å²) >= 11 is 0. The van der Waals surface area contributed by atoms with Crippen LogP contribution in [0, 0.1) is 34.0 Å². The maximum Gasteiger partial charge on any atom is 0.313 e. The number of hydrogen-bond donors (Lipinski definition) is 2. The Kier molecular flexibility index (Phi) is 4.40. The van der Waals surface area contributed by atoms with Gasteiger partial charge in [-0.3, -0.25) is 4.79 Å². The van der Waals surface area contributed by atoms with Gasteiger partial charge in [-0.1, -0.05) is 39.8 Å². The van der Waals surface area contributed by atoms with Crippen LogP contribution in [0.25, 0.3) is 0 Å². The van der Waals surface area contributed by atoms with Crippen LogP contribution >= 0.6 is 0 Å². The van der Waals surface area contributed by atoms with Gasteiger partial charge in [0.15, 0.2) is 0 Å². The first kappa shape index (κ1) is 18.9. The predicted molar refractivity (Wildman–Crippen MR) is 96.7 cm³/mol. The molecule has 0 saturated heterocycles. The third-order valence-electron chi connectivity index (χ3n) is 8.21. The molecule has 0 aromatic rings. The van der Waals surface area contributed by atoms with Crippen molar-refractivity contribution in [1.29, 1.82) is 0 Å². The zero-order chi connectivity index (χ0) is 18.8. The molecule has 3 saturated carbocycles. The van der Waals surface area contributed by atoms with Crippen LogP contribution in [0.15, 0.2) is 12.2 Å². The molecule has 0 heterocycles. The molecular formula is C21H34O4. The van der Waals surface area contributed by atoms with Gasteiger partial charge >= 0.3 is 5.97 Å². The second-order valence-electron chi connectivity index (χ2n) is 9.87. The quantitative estimate of drug-likeness (QED) is 0.562. The number of aliphatic hydroxyl groups excluding tert-OH is 2. The molecular weight excluding hydrogens is 316 g/mol. The number of carbonyl (C=O) groups excluding carboxylic acids is 1. The van der Waals surface area contributed by atoms with Gasteiger partial charge in [0.25, 0.3) is 0 Å². The molecule has 0 aromatic carbocycles. The van der Waals surface area contributed by atoms with Crippen molar-refractivity contribution in [2.75, 3.05) is 7.11 Å². The third-order valence-corrected chi connectivity index (χ3v) is 8.21. The lowest BCUT2D eigenvalue weighted by Gasteiger charge is -2.67. The monoisotopic (exact) mass is 350 g/mol. The lowest BCUT2D eigenvalue weighted by molar-refractivity contribution is -0.237. The molecule has 3 rings (SSSR count). The molecule has 0 unspecified atom stereocenters. The number of ether oxygens (including phenoxy) is 1. The van der Waals surface area contributed by atoms with E-state index in [0.717, 1.165) is 31.3 Å². The molecule has 3 fully saturated rings. The Morgan fingerprint density at radius 1 is 1.16 bits per heavy atom. The zero-order valence-corrected chi connectivity index (χ0v) is 16.3. The van der Waals surface area contributed by atoms with Gasteiger partial charge in [0, 0.05) is 5.41 Å². The van der Waals surface area contributed by atoms with E-state index in [0.29, 0.717) is 12.3 Å². The van der Waals surface area contributed by atoms with E-state index in [-0.39, 0.29) is 28.6 Å². The van der Waals surface area contributed by atoms with Gasteiger partial charge in [-0.2, -0.15) is 0 Å². The number of esters is 1. The van der Waals surface area contributed by atoms with Crippen molar-refractivity contribution in [3.05, 3.63) is 12.2 Å². The Bertz CT molecular complexity index is 574. The topological polar surface area (TPSA) is 66.8 Å². The number of hydrogen-bond acceptors (Lipinski definition) is 4. The fourth-order valence-corrected chi connectivity index (χ4v) is 7.23. The Morgan fingerprint density at radius 2 is 1.80 bits per heavy atom. The Balaban J connectivity index is 2.09. The second kappa shape index (κ2) is 5.82. The molecule has 4 nitrogen and oxygen atoms in total. The summed E-state index contributed by atoms with van der Waals surface area (Å²) in [5, 5.41) is 21.7. The Hall–Kier alpha value is -0.870. The first-order valence-corrected chi connectivity index (χ1v) is 9.61. The molecule has 25 heavy (non-hydrogen) atoms. The van der Waals surface area contributed by atoms with Crippen molar-refractivity contribution < 1.29 is 19.7 Å². The minimum absolute atomic E-state index is 0.0239. The maximum absolute atomic E-state index is 12.6. The zero-order valence-electron chi connectivity index (χ0n) is 16.3. The first-order valence-electron chi connectivity index (χ1n) is 9.61. The number of methoxy groups -OCH3 is 1. The molecule has 7 atom stereocenters. The highest BCUT2D eigenvalue weighted by atomic mass is 16.5. The normalized spacial score (nSPS) is 49.1. The molecule has 142 valence electrons. The Morgan fingerprint density at radius 3 is 2.40 bits per heavy atom. The summed E-state index contributed by atoms with van der Waals surface area (Å²) < 4.78 is 5.12. The number of carbonyl (C=O) groups is 1. The van der Waals surface area contributed by atoms with Crippen molar-refractivity contribution in [3.63, 3.8) is 0 Å². The fourth-order valence-electron chi connectivity index (χ4n) is 7.23. The average molecular weight is 350 g/mol. The van der Waals surface area contributed by atoms with Crippen LogP contribution in [0.4, 0.5) is 0 Å². The minimum atomic E-state index is -0.750. The smallest absolute Gasteiger partial charge is 0.313 e. The summed E-state index contributed by atoms with van der Waals surface area (Å²) in [7, 11) is 1.44. The lowest BCUT2D eigenvalue weighted by Crippen LogP contribution is -2.66. The fraction of sp³-hybridized carbons (Fsp3) is 0.857. The molecule has 2 N–H and O–H groups in total. The molecule has 0 radical (unpaired) electrons. The Labute approximate surface area is 151 Å². The van der Waals surface area contributed by atoms with Crippen molar-refractivity contribution in [1.82, 2.24) is 0 Å². The van der Waals surface area contributed by atoms with Gasteiger partial charge in [-0.15, -0.1) is 0 Å². The summed E-state index contributed by atoms with van der Waals surface area (Å²) in [5.74, 6) is -0.0218. The van der Waals surface area contributed by atoms with Gasteiger partial charge in [0.1, 0.15) is 0 Å². The molecule has 0 aliphatic heterocycles. The molecule has 4 heteroatoms. The van der Waals surface area contributed by atoms with Crippen LogP contribution in [0.1, 0.15) is 59.8 Å². The van der Waals surface area contributed by atoms with E-state index >= 15 is 0 Å². The lowest BCUT2D eigenvalue weighted by atomic mass is 9.38. The SMILES string of the molecule is C=C1CC[C@H]2[C@@](C)(CC[C@H]3C(C)(C)C[C@H](O)[C@H](O)[C@@]32C)[C@@H]1C(=O)OC. The first-order chi connectivity index (χ1) is 11.5. The van der Waals surface area contributed by atoms with Crippen molar-refractivity contribution in [3.8, 4) is 0 Å². The molecule has 0 bridgehead atoms. The van der Waals surface area contributed by atoms with Crippen LogP contribution in [-0.4, -0.2) is 35.5 Å². The molecule has 3 aliphatic rings. The molecule has 0 amide bonds. The summed E-state index contributed by atoms with van der Waals surface area (Å²) in [6.07, 6.45) is 2.76. The van der Waals surface area contributed by atoms with Gasteiger partial charge in [0.05, 0.1) is 25.2 Å². The van der Waals surface area contributed by atoms with Crippen molar-refractivity contribution in [2.45, 2.75) is 72.0 Å². The van der Waals surface area contributed by atoms with E-state index in [1.165, 1.54) is 7.11 Å². The van der Waals surface area contributed by atoms with Crippen LogP contribution in [0.3, 0.4) is 0 Å². The molecule has 0 spiro atoms. The summed E-state index contributed by atoms with van der Waals surface area (Å²) in [6.45, 7) is 12.9.